The van der Waals surface area contributed by atoms with Crippen LogP contribution in [0.4, 0.5) is 0 Å². The molecule has 0 bridgehead atoms. The molecule has 0 fully saturated rings. The normalized spacial score (nSPS) is 14.2. The van der Waals surface area contributed by atoms with Crippen molar-refractivity contribution in [3.8, 4) is 22.8 Å². The van der Waals surface area contributed by atoms with Gasteiger partial charge in [-0.3, -0.25) is 4.79 Å². The molecular formula is C31H37NO5. The third-order valence-corrected chi connectivity index (χ3v) is 7.26. The van der Waals surface area contributed by atoms with E-state index in [0.717, 1.165) is 58.5 Å². The Morgan fingerprint density at radius 2 is 1.86 bits per heavy atom. The van der Waals surface area contributed by atoms with E-state index in [0.29, 0.717) is 18.9 Å². The topological polar surface area (TPSA) is 66.8 Å². The zero-order chi connectivity index (χ0) is 26.7. The Hall–Kier alpha value is -3.54. The number of hydrogen-bond donors (Lipinski definition) is 0. The Balaban J connectivity index is 2.06. The zero-order valence-corrected chi connectivity index (χ0v) is 22.7. The van der Waals surface area contributed by atoms with Gasteiger partial charge in [0.25, 0.3) is 5.56 Å². The van der Waals surface area contributed by atoms with Gasteiger partial charge < -0.3 is 18.8 Å². The molecule has 0 saturated carbocycles. The van der Waals surface area contributed by atoms with Crippen LogP contribution in [0.2, 0.25) is 0 Å². The van der Waals surface area contributed by atoms with Gasteiger partial charge in [0.1, 0.15) is 11.5 Å². The first-order valence-electron chi connectivity index (χ1n) is 13.1. The molecule has 196 valence electrons. The van der Waals surface area contributed by atoms with Crippen LogP contribution < -0.4 is 15.0 Å². The summed E-state index contributed by atoms with van der Waals surface area (Å²) in [5, 5.41) is 0. The molecule has 1 aliphatic carbocycles. The first-order chi connectivity index (χ1) is 17.8. The summed E-state index contributed by atoms with van der Waals surface area (Å²) < 4.78 is 18.7. The first kappa shape index (κ1) is 26.5. The van der Waals surface area contributed by atoms with Gasteiger partial charge in [0.2, 0.25) is 0 Å². The molecule has 2 aromatic carbocycles. The summed E-state index contributed by atoms with van der Waals surface area (Å²) >= 11 is 0. The van der Waals surface area contributed by atoms with Crippen LogP contribution in [0.25, 0.3) is 11.3 Å². The number of carbonyl (C=O) groups excluding carboxylic acids is 1. The van der Waals surface area contributed by atoms with Crippen LogP contribution in [-0.2, 0) is 17.7 Å². The molecule has 4 rings (SSSR count). The zero-order valence-electron chi connectivity index (χ0n) is 22.7. The Morgan fingerprint density at radius 1 is 1.14 bits per heavy atom. The van der Waals surface area contributed by atoms with E-state index in [2.05, 4.69) is 32.9 Å². The van der Waals surface area contributed by atoms with E-state index in [1.807, 2.05) is 37.3 Å². The number of nitrogens with zero attached hydrogens (tertiary/aromatic N) is 1. The molecule has 0 N–H and O–H groups in total. The van der Waals surface area contributed by atoms with Crippen LogP contribution in [0.15, 0.2) is 47.3 Å². The number of fused-ring (bicyclic) bond motifs is 3. The van der Waals surface area contributed by atoms with Crippen LogP contribution in [0.3, 0.4) is 0 Å². The summed E-state index contributed by atoms with van der Waals surface area (Å²) in [6, 6.07) is 14.1. The van der Waals surface area contributed by atoms with Gasteiger partial charge in [-0.25, -0.2) is 4.79 Å². The molecule has 0 spiro atoms. The summed E-state index contributed by atoms with van der Waals surface area (Å²) in [4.78, 5) is 26.9. The Bertz CT molecular complexity index is 1340. The summed E-state index contributed by atoms with van der Waals surface area (Å²) in [5.74, 6) is 0.791. The SMILES string of the molecule is CCCCOc1cc2c(cc1C)-c1c(c(OC)c(C(=O)OC)c(=O)n1Cc1ccccc1)C(C(C)C)C2. The molecule has 6 nitrogen and oxygen atoms in total. The smallest absolute Gasteiger partial charge is 0.347 e. The van der Waals surface area contributed by atoms with Crippen LogP contribution in [0, 0.1) is 12.8 Å². The minimum Gasteiger partial charge on any atom is -0.495 e. The third kappa shape index (κ3) is 5.02. The van der Waals surface area contributed by atoms with Gasteiger partial charge in [0.05, 0.1) is 33.1 Å². The maximum atomic E-state index is 14.0. The largest absolute Gasteiger partial charge is 0.495 e. The number of ether oxygens (including phenoxy) is 3. The minimum atomic E-state index is -0.685. The van der Waals surface area contributed by atoms with E-state index >= 15 is 0 Å². The van der Waals surface area contributed by atoms with Gasteiger partial charge in [-0.15, -0.1) is 0 Å². The Morgan fingerprint density at radius 3 is 2.49 bits per heavy atom. The van der Waals surface area contributed by atoms with E-state index in [4.69, 9.17) is 14.2 Å². The molecule has 0 radical (unpaired) electrons. The van der Waals surface area contributed by atoms with Crippen LogP contribution in [0.1, 0.15) is 72.1 Å². The molecule has 0 aliphatic heterocycles. The number of unbranched alkanes of at least 4 members (excludes halogenated alkanes) is 1. The van der Waals surface area contributed by atoms with E-state index in [1.54, 1.807) is 4.57 Å². The molecule has 6 heteroatoms. The summed E-state index contributed by atoms with van der Waals surface area (Å²) in [7, 11) is 2.81. The monoisotopic (exact) mass is 503 g/mol. The quantitative estimate of drug-likeness (QED) is 0.259. The number of aryl methyl sites for hydroxylation is 1. The van der Waals surface area contributed by atoms with E-state index in [-0.39, 0.29) is 17.4 Å². The molecule has 3 aromatic rings. The number of carbonyl (C=O) groups is 1. The molecule has 37 heavy (non-hydrogen) atoms. The number of benzene rings is 2. The highest BCUT2D eigenvalue weighted by Gasteiger charge is 2.37. The van der Waals surface area contributed by atoms with Gasteiger partial charge in [-0.05, 0) is 60.4 Å². The second-order valence-electron chi connectivity index (χ2n) is 10.1. The maximum Gasteiger partial charge on any atom is 0.347 e. The van der Waals surface area contributed by atoms with Crippen molar-refractivity contribution in [2.75, 3.05) is 20.8 Å². The van der Waals surface area contributed by atoms with Crippen molar-refractivity contribution >= 4 is 5.97 Å². The second-order valence-corrected chi connectivity index (χ2v) is 10.1. The molecular weight excluding hydrogens is 466 g/mol. The second kappa shape index (κ2) is 11.2. The standard InChI is InChI=1S/C31H37NO5/c1-7-8-14-37-25-17-22-16-23(19(2)3)26-28(24(22)15-20(25)4)32(18-21-12-10-9-11-13-21)30(33)27(29(26)35-5)31(34)36-6/h9-13,15,17,19,23H,7-8,14,16,18H2,1-6H3. The van der Waals surface area contributed by atoms with Crippen molar-refractivity contribution in [2.24, 2.45) is 5.92 Å². The Kier molecular flexibility index (Phi) is 8.06. The van der Waals surface area contributed by atoms with Gasteiger partial charge >= 0.3 is 5.97 Å². The lowest BCUT2D eigenvalue weighted by atomic mass is 9.74. The summed E-state index contributed by atoms with van der Waals surface area (Å²) in [6.45, 7) is 9.51. The lowest BCUT2D eigenvalue weighted by molar-refractivity contribution is 0.0593. The fourth-order valence-corrected chi connectivity index (χ4v) is 5.28. The summed E-state index contributed by atoms with van der Waals surface area (Å²) in [6.07, 6.45) is 2.82. The molecule has 0 amide bonds. The van der Waals surface area contributed by atoms with Crippen molar-refractivity contribution < 1.29 is 19.0 Å². The van der Waals surface area contributed by atoms with Crippen molar-refractivity contribution in [2.45, 2.75) is 59.4 Å². The average molecular weight is 504 g/mol. The van der Waals surface area contributed by atoms with Gasteiger partial charge in [0, 0.05) is 11.1 Å². The molecule has 1 aromatic heterocycles. The number of pyridine rings is 1. The number of methoxy groups -OCH3 is 2. The molecule has 0 saturated heterocycles. The number of esters is 1. The predicted octanol–water partition coefficient (Wildman–Crippen LogP) is 6.14. The van der Waals surface area contributed by atoms with E-state index < -0.39 is 11.5 Å². The highest BCUT2D eigenvalue weighted by atomic mass is 16.5. The van der Waals surface area contributed by atoms with Crippen LogP contribution in [0.5, 0.6) is 11.5 Å². The third-order valence-electron chi connectivity index (χ3n) is 7.26. The van der Waals surface area contributed by atoms with Gasteiger partial charge in [0.15, 0.2) is 5.56 Å². The highest BCUT2D eigenvalue weighted by molar-refractivity contribution is 5.94. The van der Waals surface area contributed by atoms with E-state index in [1.165, 1.54) is 14.2 Å². The number of hydrogen-bond acceptors (Lipinski definition) is 5. The van der Waals surface area contributed by atoms with Gasteiger partial charge in [-0.2, -0.15) is 0 Å². The summed E-state index contributed by atoms with van der Waals surface area (Å²) in [5.41, 5.74) is 5.33. The molecule has 1 atom stereocenters. The molecule has 1 heterocycles. The number of rotatable bonds is 9. The van der Waals surface area contributed by atoms with Crippen molar-refractivity contribution in [3.05, 3.63) is 80.6 Å². The Labute approximate surface area is 219 Å². The lowest BCUT2D eigenvalue weighted by Gasteiger charge is -2.34. The first-order valence-corrected chi connectivity index (χ1v) is 13.1. The van der Waals surface area contributed by atoms with Crippen LogP contribution >= 0.6 is 0 Å². The van der Waals surface area contributed by atoms with Crippen LogP contribution in [-0.4, -0.2) is 31.4 Å². The molecule has 1 unspecified atom stereocenters. The van der Waals surface area contributed by atoms with Crippen molar-refractivity contribution in [3.63, 3.8) is 0 Å². The highest BCUT2D eigenvalue weighted by Crippen LogP contribution is 2.48. The average Bonchev–Trinajstić information content (AvgIpc) is 2.89. The maximum absolute atomic E-state index is 14.0. The molecule has 1 aliphatic rings. The van der Waals surface area contributed by atoms with E-state index in [9.17, 15) is 9.59 Å². The predicted molar refractivity (Wildman–Crippen MR) is 146 cm³/mol. The fraction of sp³-hybridized carbons (Fsp3) is 0.419. The van der Waals surface area contributed by atoms with Gasteiger partial charge in [-0.1, -0.05) is 57.5 Å². The number of aromatic nitrogens is 1. The fourth-order valence-electron chi connectivity index (χ4n) is 5.28. The van der Waals surface area contributed by atoms with Crippen molar-refractivity contribution in [1.29, 1.82) is 0 Å². The lowest BCUT2D eigenvalue weighted by Crippen LogP contribution is -2.34. The van der Waals surface area contributed by atoms with Crippen molar-refractivity contribution in [1.82, 2.24) is 4.57 Å². The minimum absolute atomic E-state index is 0.0367.